The van der Waals surface area contributed by atoms with Gasteiger partial charge in [0.1, 0.15) is 17.2 Å². The maximum absolute atomic E-state index is 12.4. The summed E-state index contributed by atoms with van der Waals surface area (Å²) < 4.78 is 0. The third-order valence-electron chi connectivity index (χ3n) is 4.14. The number of aliphatic carboxylic acids is 1. The molecule has 0 saturated heterocycles. The normalized spacial score (nSPS) is 13.6. The van der Waals surface area contributed by atoms with Gasteiger partial charge in [-0.05, 0) is 31.2 Å². The van der Waals surface area contributed by atoms with E-state index in [1.165, 1.54) is 28.6 Å². The zero-order valence-electron chi connectivity index (χ0n) is 13.8. The summed E-state index contributed by atoms with van der Waals surface area (Å²) in [5.41, 5.74) is 1.05. The maximum atomic E-state index is 12.4. The van der Waals surface area contributed by atoms with Gasteiger partial charge in [-0.15, -0.1) is 23.1 Å². The first-order chi connectivity index (χ1) is 12.0. The van der Waals surface area contributed by atoms with E-state index in [4.69, 9.17) is 5.11 Å². The van der Waals surface area contributed by atoms with Gasteiger partial charge in [0.15, 0.2) is 0 Å². The molecular formula is C16H19N3O4S2. The second kappa shape index (κ2) is 7.57. The van der Waals surface area contributed by atoms with Crippen molar-refractivity contribution in [3.63, 3.8) is 0 Å². The number of aryl methyl sites for hydroxylation is 2. The number of likely N-dealkylation sites (N-methyl/N-ethyl adjacent to an activating group) is 1. The Labute approximate surface area is 152 Å². The number of carboxylic acid groups (broad SMARTS) is 1. The smallest absolute Gasteiger partial charge is 0.323 e. The second-order valence-corrected chi connectivity index (χ2v) is 8.11. The molecule has 2 heterocycles. The fourth-order valence-electron chi connectivity index (χ4n) is 2.91. The molecule has 1 aliphatic rings. The lowest BCUT2D eigenvalue weighted by molar-refractivity contribution is -0.142. The molecule has 2 N–H and O–H groups in total. The van der Waals surface area contributed by atoms with Crippen molar-refractivity contribution in [2.75, 3.05) is 19.3 Å². The maximum Gasteiger partial charge on any atom is 0.323 e. The van der Waals surface area contributed by atoms with Crippen LogP contribution in [0.3, 0.4) is 0 Å². The Balaban J connectivity index is 1.67. The number of carboxylic acids is 1. The minimum atomic E-state index is -1.04. The van der Waals surface area contributed by atoms with Crippen LogP contribution in [-0.2, 0) is 28.2 Å². The largest absolute Gasteiger partial charge is 0.480 e. The highest BCUT2D eigenvalue weighted by Crippen LogP contribution is 2.33. The van der Waals surface area contributed by atoms with Gasteiger partial charge in [0.25, 0.3) is 5.56 Å². The molecule has 0 atom stereocenters. The third kappa shape index (κ3) is 4.04. The lowest BCUT2D eigenvalue weighted by atomic mass is 9.97. The number of rotatable bonds is 6. The molecule has 0 fully saturated rings. The average Bonchev–Trinajstić information content (AvgIpc) is 2.92. The number of thiophene rings is 1. The molecule has 0 unspecified atom stereocenters. The predicted octanol–water partition coefficient (Wildman–Crippen LogP) is 1.64. The van der Waals surface area contributed by atoms with Gasteiger partial charge in [0.2, 0.25) is 5.91 Å². The van der Waals surface area contributed by atoms with Crippen molar-refractivity contribution in [3.8, 4) is 0 Å². The lowest BCUT2D eigenvalue weighted by Gasteiger charge is -2.13. The molecule has 25 heavy (non-hydrogen) atoms. The number of aromatic amines is 1. The van der Waals surface area contributed by atoms with E-state index in [1.54, 1.807) is 11.3 Å². The average molecular weight is 381 g/mol. The van der Waals surface area contributed by atoms with E-state index in [9.17, 15) is 14.4 Å². The van der Waals surface area contributed by atoms with Crippen LogP contribution in [0, 0.1) is 0 Å². The molecule has 9 heteroatoms. The SMILES string of the molecule is CN(CC(=O)O)C(=O)CSCc1nc2sc3c(c2c(=O)[nH]1)CCCC3. The number of hydrogen-bond donors (Lipinski definition) is 2. The molecule has 3 rings (SSSR count). The van der Waals surface area contributed by atoms with Gasteiger partial charge in [0, 0.05) is 11.9 Å². The molecular weight excluding hydrogens is 362 g/mol. The number of nitrogens with one attached hydrogen (secondary N) is 1. The standard InChI is InChI=1S/C16H19N3O4S2/c1-19(6-13(21)22)12(20)8-24-7-11-17-15(23)14-9-4-2-3-5-10(9)25-16(14)18-11/h2-8H2,1H3,(H,21,22)(H,17,18,23). The summed E-state index contributed by atoms with van der Waals surface area (Å²) in [5, 5.41) is 9.42. The molecule has 0 bridgehead atoms. The molecule has 0 radical (unpaired) electrons. The van der Waals surface area contributed by atoms with Crippen molar-refractivity contribution in [2.24, 2.45) is 0 Å². The summed E-state index contributed by atoms with van der Waals surface area (Å²) in [7, 11) is 1.46. The first-order valence-electron chi connectivity index (χ1n) is 8.02. The Morgan fingerprint density at radius 1 is 1.36 bits per heavy atom. The van der Waals surface area contributed by atoms with Crippen LogP contribution in [0.4, 0.5) is 0 Å². The highest BCUT2D eigenvalue weighted by Gasteiger charge is 2.20. The van der Waals surface area contributed by atoms with E-state index in [0.717, 1.165) is 41.5 Å². The second-order valence-electron chi connectivity index (χ2n) is 6.04. The highest BCUT2D eigenvalue weighted by atomic mass is 32.2. The van der Waals surface area contributed by atoms with Crippen molar-refractivity contribution in [3.05, 3.63) is 26.6 Å². The summed E-state index contributed by atoms with van der Waals surface area (Å²) in [5.74, 6) is -0.205. The van der Waals surface area contributed by atoms with Crippen LogP contribution < -0.4 is 5.56 Å². The van der Waals surface area contributed by atoms with Gasteiger partial charge < -0.3 is 15.0 Å². The van der Waals surface area contributed by atoms with Gasteiger partial charge in [-0.2, -0.15) is 0 Å². The van der Waals surface area contributed by atoms with E-state index >= 15 is 0 Å². The summed E-state index contributed by atoms with van der Waals surface area (Å²) >= 11 is 2.91. The van der Waals surface area contributed by atoms with Crippen LogP contribution in [0.15, 0.2) is 4.79 Å². The van der Waals surface area contributed by atoms with Crippen LogP contribution >= 0.6 is 23.1 Å². The van der Waals surface area contributed by atoms with Gasteiger partial charge in [-0.25, -0.2) is 4.98 Å². The number of hydrogen-bond acceptors (Lipinski definition) is 6. The Morgan fingerprint density at radius 3 is 2.88 bits per heavy atom. The van der Waals surface area contributed by atoms with E-state index < -0.39 is 5.97 Å². The third-order valence-corrected chi connectivity index (χ3v) is 6.25. The number of carbonyl (C=O) groups excluding carboxylic acids is 1. The highest BCUT2D eigenvalue weighted by molar-refractivity contribution is 7.99. The Bertz CT molecular complexity index is 874. The molecule has 2 aromatic heterocycles. The van der Waals surface area contributed by atoms with Gasteiger partial charge >= 0.3 is 5.97 Å². The van der Waals surface area contributed by atoms with Gasteiger partial charge in [-0.3, -0.25) is 14.4 Å². The Hall–Kier alpha value is -1.87. The van der Waals surface area contributed by atoms with Crippen LogP contribution in [0.2, 0.25) is 0 Å². The predicted molar refractivity (Wildman–Crippen MR) is 98.3 cm³/mol. The first-order valence-corrected chi connectivity index (χ1v) is 9.99. The number of carbonyl (C=O) groups is 2. The van der Waals surface area contributed by atoms with Crippen LogP contribution in [0.1, 0.15) is 29.1 Å². The molecule has 0 aromatic carbocycles. The van der Waals surface area contributed by atoms with Crippen molar-refractivity contribution in [1.29, 1.82) is 0 Å². The zero-order valence-corrected chi connectivity index (χ0v) is 15.5. The van der Waals surface area contributed by atoms with Crippen molar-refractivity contribution < 1.29 is 14.7 Å². The minimum Gasteiger partial charge on any atom is -0.480 e. The first kappa shape index (κ1) is 17.9. The quantitative estimate of drug-likeness (QED) is 0.788. The van der Waals surface area contributed by atoms with Crippen molar-refractivity contribution in [1.82, 2.24) is 14.9 Å². The van der Waals surface area contributed by atoms with E-state index in [2.05, 4.69) is 9.97 Å². The van der Waals surface area contributed by atoms with Crippen LogP contribution in [-0.4, -0.2) is 51.2 Å². The topological polar surface area (TPSA) is 103 Å². The van der Waals surface area contributed by atoms with E-state index in [0.29, 0.717) is 11.6 Å². The molecule has 0 saturated carbocycles. The van der Waals surface area contributed by atoms with E-state index in [1.807, 2.05) is 0 Å². The molecule has 1 aliphatic carbocycles. The monoisotopic (exact) mass is 381 g/mol. The number of aromatic nitrogens is 2. The molecule has 0 aliphatic heterocycles. The Kier molecular flexibility index (Phi) is 5.43. The summed E-state index contributed by atoms with van der Waals surface area (Å²) in [6, 6.07) is 0. The fourth-order valence-corrected chi connectivity index (χ4v) is 5.02. The molecule has 0 spiro atoms. The summed E-state index contributed by atoms with van der Waals surface area (Å²) in [6.45, 7) is -0.318. The van der Waals surface area contributed by atoms with Gasteiger partial charge in [-0.1, -0.05) is 0 Å². The molecule has 1 amide bonds. The lowest BCUT2D eigenvalue weighted by Crippen LogP contribution is -2.33. The van der Waals surface area contributed by atoms with Crippen LogP contribution in [0.25, 0.3) is 10.2 Å². The fraction of sp³-hybridized carbons (Fsp3) is 0.500. The van der Waals surface area contributed by atoms with E-state index in [-0.39, 0.29) is 23.8 Å². The molecule has 7 nitrogen and oxygen atoms in total. The molecule has 2 aromatic rings. The van der Waals surface area contributed by atoms with Gasteiger partial charge in [0.05, 0.1) is 16.9 Å². The number of nitrogens with zero attached hydrogens (tertiary/aromatic N) is 2. The van der Waals surface area contributed by atoms with Crippen molar-refractivity contribution in [2.45, 2.75) is 31.4 Å². The number of thioether (sulfide) groups is 1. The van der Waals surface area contributed by atoms with Crippen LogP contribution in [0.5, 0.6) is 0 Å². The number of fused-ring (bicyclic) bond motifs is 3. The summed E-state index contributed by atoms with van der Waals surface area (Å²) in [4.78, 5) is 45.5. The summed E-state index contributed by atoms with van der Waals surface area (Å²) in [6.07, 6.45) is 4.23. The molecule has 134 valence electrons. The Morgan fingerprint density at radius 2 is 2.12 bits per heavy atom. The zero-order chi connectivity index (χ0) is 18.0. The number of H-pyrrole nitrogens is 1. The minimum absolute atomic E-state index is 0.102. The number of amides is 1. The van der Waals surface area contributed by atoms with Crippen molar-refractivity contribution >= 4 is 45.2 Å².